The Morgan fingerprint density at radius 1 is 1.50 bits per heavy atom. The first-order valence-corrected chi connectivity index (χ1v) is 6.04. The van der Waals surface area contributed by atoms with Crippen LogP contribution >= 0.6 is 0 Å². The third kappa shape index (κ3) is 2.27. The van der Waals surface area contributed by atoms with Gasteiger partial charge in [-0.05, 0) is 6.07 Å². The largest absolute Gasteiger partial charge is 0.396 e. The Morgan fingerprint density at radius 3 is 2.94 bits per heavy atom. The SMILES string of the molecule is Cn1cc(CS(=O)c2ccncc2N)cn1. The zero-order chi connectivity index (χ0) is 11.5. The number of aryl methyl sites for hydroxylation is 1. The molecule has 0 saturated carbocycles. The minimum atomic E-state index is -1.15. The molecule has 6 heteroatoms. The highest BCUT2D eigenvalue weighted by Crippen LogP contribution is 2.17. The summed E-state index contributed by atoms with van der Waals surface area (Å²) in [5.41, 5.74) is 7.09. The maximum atomic E-state index is 12.0. The minimum absolute atomic E-state index is 0.419. The van der Waals surface area contributed by atoms with E-state index in [4.69, 9.17) is 5.73 Å². The molecule has 1 atom stereocenters. The summed E-state index contributed by atoms with van der Waals surface area (Å²) in [7, 11) is 0.676. The van der Waals surface area contributed by atoms with E-state index >= 15 is 0 Å². The fraction of sp³-hybridized carbons (Fsp3) is 0.200. The molecule has 0 saturated heterocycles. The Bertz CT molecular complexity index is 523. The molecule has 84 valence electrons. The van der Waals surface area contributed by atoms with Crippen LogP contribution in [0.2, 0.25) is 0 Å². The number of nitrogens with two attached hydrogens (primary N) is 1. The Hall–Kier alpha value is -1.69. The van der Waals surface area contributed by atoms with Crippen molar-refractivity contribution in [2.75, 3.05) is 5.73 Å². The van der Waals surface area contributed by atoms with Gasteiger partial charge in [0.1, 0.15) is 0 Å². The van der Waals surface area contributed by atoms with Gasteiger partial charge in [-0.25, -0.2) is 0 Å². The fourth-order valence-corrected chi connectivity index (χ4v) is 2.51. The fourth-order valence-electron chi connectivity index (χ4n) is 1.38. The number of hydrogen-bond acceptors (Lipinski definition) is 4. The number of hydrogen-bond donors (Lipinski definition) is 1. The van der Waals surface area contributed by atoms with Gasteiger partial charge in [-0.1, -0.05) is 0 Å². The molecular formula is C10H12N4OS. The first-order chi connectivity index (χ1) is 7.66. The lowest BCUT2D eigenvalue weighted by atomic mass is 10.4. The molecule has 0 aromatic carbocycles. The zero-order valence-electron chi connectivity index (χ0n) is 8.83. The average Bonchev–Trinajstić information content (AvgIpc) is 2.64. The molecule has 0 fully saturated rings. The predicted molar refractivity (Wildman–Crippen MR) is 62.0 cm³/mol. The predicted octanol–water partition coefficient (Wildman–Crippen LogP) is 0.705. The highest BCUT2D eigenvalue weighted by Gasteiger charge is 2.09. The maximum Gasteiger partial charge on any atom is 0.0664 e. The van der Waals surface area contributed by atoms with Gasteiger partial charge < -0.3 is 5.73 Å². The number of nitrogen functional groups attached to an aromatic ring is 1. The van der Waals surface area contributed by atoms with Crippen molar-refractivity contribution in [1.29, 1.82) is 0 Å². The molecule has 1 unspecified atom stereocenters. The summed E-state index contributed by atoms with van der Waals surface area (Å²) < 4.78 is 13.7. The normalized spacial score (nSPS) is 12.6. The Balaban J connectivity index is 2.18. The van der Waals surface area contributed by atoms with Gasteiger partial charge in [-0.3, -0.25) is 13.9 Å². The summed E-state index contributed by atoms with van der Waals surface area (Å²) in [6.45, 7) is 0. The number of pyridine rings is 1. The molecule has 2 rings (SSSR count). The van der Waals surface area contributed by atoms with Crippen molar-refractivity contribution < 1.29 is 4.21 Å². The molecule has 0 amide bonds. The van der Waals surface area contributed by atoms with E-state index in [1.54, 1.807) is 23.1 Å². The molecule has 0 spiro atoms. The lowest BCUT2D eigenvalue weighted by Gasteiger charge is -2.03. The highest BCUT2D eigenvalue weighted by molar-refractivity contribution is 7.84. The third-order valence-corrected chi connectivity index (χ3v) is 3.57. The summed E-state index contributed by atoms with van der Waals surface area (Å²) in [6.07, 6.45) is 6.65. The van der Waals surface area contributed by atoms with E-state index in [9.17, 15) is 4.21 Å². The van der Waals surface area contributed by atoms with Crippen LogP contribution in [-0.2, 0) is 23.6 Å². The van der Waals surface area contributed by atoms with Crippen LogP contribution in [-0.4, -0.2) is 19.0 Å². The van der Waals surface area contributed by atoms with Crippen LogP contribution in [0, 0.1) is 0 Å². The second-order valence-electron chi connectivity index (χ2n) is 3.43. The summed E-state index contributed by atoms with van der Waals surface area (Å²) >= 11 is 0. The first-order valence-electron chi connectivity index (χ1n) is 4.72. The van der Waals surface area contributed by atoms with Crippen molar-refractivity contribution in [3.8, 4) is 0 Å². The van der Waals surface area contributed by atoms with Crippen molar-refractivity contribution in [2.45, 2.75) is 10.6 Å². The van der Waals surface area contributed by atoms with E-state index in [1.165, 1.54) is 6.20 Å². The molecule has 2 aromatic rings. The van der Waals surface area contributed by atoms with Gasteiger partial charge in [0.05, 0.1) is 39.5 Å². The van der Waals surface area contributed by atoms with Crippen LogP contribution in [0.25, 0.3) is 0 Å². The van der Waals surface area contributed by atoms with E-state index in [0.29, 0.717) is 16.3 Å². The van der Waals surface area contributed by atoms with Crippen LogP contribution in [0.4, 0.5) is 5.69 Å². The summed E-state index contributed by atoms with van der Waals surface area (Å²) in [6, 6.07) is 1.68. The molecule has 0 aliphatic rings. The Labute approximate surface area is 95.8 Å². The van der Waals surface area contributed by atoms with Crippen molar-refractivity contribution in [1.82, 2.24) is 14.8 Å². The van der Waals surface area contributed by atoms with Crippen molar-refractivity contribution in [3.05, 3.63) is 36.4 Å². The monoisotopic (exact) mass is 236 g/mol. The molecule has 5 nitrogen and oxygen atoms in total. The average molecular weight is 236 g/mol. The zero-order valence-corrected chi connectivity index (χ0v) is 9.65. The number of nitrogens with zero attached hydrogens (tertiary/aromatic N) is 3. The van der Waals surface area contributed by atoms with Crippen molar-refractivity contribution in [2.24, 2.45) is 7.05 Å². The van der Waals surface area contributed by atoms with Crippen molar-refractivity contribution in [3.63, 3.8) is 0 Å². The molecule has 0 aliphatic carbocycles. The molecular weight excluding hydrogens is 224 g/mol. The van der Waals surface area contributed by atoms with Crippen LogP contribution < -0.4 is 5.73 Å². The number of rotatable bonds is 3. The van der Waals surface area contributed by atoms with E-state index < -0.39 is 10.8 Å². The van der Waals surface area contributed by atoms with Gasteiger partial charge in [0, 0.05) is 25.0 Å². The van der Waals surface area contributed by atoms with Crippen molar-refractivity contribution >= 4 is 16.5 Å². The molecule has 16 heavy (non-hydrogen) atoms. The van der Waals surface area contributed by atoms with Gasteiger partial charge in [0.15, 0.2) is 0 Å². The van der Waals surface area contributed by atoms with Crippen LogP contribution in [0.1, 0.15) is 5.56 Å². The van der Waals surface area contributed by atoms with Crippen LogP contribution in [0.15, 0.2) is 35.7 Å². The summed E-state index contributed by atoms with van der Waals surface area (Å²) in [5.74, 6) is 0.419. The van der Waals surface area contributed by atoms with Gasteiger partial charge in [-0.15, -0.1) is 0 Å². The third-order valence-electron chi connectivity index (χ3n) is 2.11. The van der Waals surface area contributed by atoms with E-state index in [2.05, 4.69) is 10.1 Å². The topological polar surface area (TPSA) is 73.8 Å². The van der Waals surface area contributed by atoms with Gasteiger partial charge in [-0.2, -0.15) is 5.10 Å². The standard InChI is InChI=1S/C10H12N4OS/c1-14-6-8(4-13-14)7-16(15)10-2-3-12-5-9(10)11/h2-6H,7,11H2,1H3. The highest BCUT2D eigenvalue weighted by atomic mass is 32.2. The molecule has 2 aromatic heterocycles. The van der Waals surface area contributed by atoms with Crippen LogP contribution in [0.5, 0.6) is 0 Å². The maximum absolute atomic E-state index is 12.0. The molecule has 2 heterocycles. The quantitative estimate of drug-likeness (QED) is 0.851. The smallest absolute Gasteiger partial charge is 0.0664 e. The first kappa shape index (κ1) is 10.8. The molecule has 2 N–H and O–H groups in total. The number of anilines is 1. The van der Waals surface area contributed by atoms with E-state index in [-0.39, 0.29) is 0 Å². The lowest BCUT2D eigenvalue weighted by molar-refractivity contribution is 0.682. The Kier molecular flexibility index (Phi) is 3.00. The lowest BCUT2D eigenvalue weighted by Crippen LogP contribution is -2.00. The second kappa shape index (κ2) is 4.44. The Morgan fingerprint density at radius 2 is 2.31 bits per heavy atom. The van der Waals surface area contributed by atoms with E-state index in [0.717, 1.165) is 5.56 Å². The summed E-state index contributed by atoms with van der Waals surface area (Å²) in [5, 5.41) is 4.02. The minimum Gasteiger partial charge on any atom is -0.396 e. The molecule has 0 radical (unpaired) electrons. The van der Waals surface area contributed by atoms with Gasteiger partial charge >= 0.3 is 0 Å². The van der Waals surface area contributed by atoms with Crippen LogP contribution in [0.3, 0.4) is 0 Å². The van der Waals surface area contributed by atoms with Gasteiger partial charge in [0.25, 0.3) is 0 Å². The second-order valence-corrected chi connectivity index (χ2v) is 4.85. The number of aromatic nitrogens is 3. The summed E-state index contributed by atoms with van der Waals surface area (Å²) in [4.78, 5) is 4.49. The van der Waals surface area contributed by atoms with Gasteiger partial charge in [0.2, 0.25) is 0 Å². The van der Waals surface area contributed by atoms with E-state index in [1.807, 2.05) is 13.2 Å². The molecule has 0 aliphatic heterocycles. The molecule has 0 bridgehead atoms.